The van der Waals surface area contributed by atoms with Crippen molar-refractivity contribution in [2.75, 3.05) is 0 Å². The van der Waals surface area contributed by atoms with E-state index in [1.165, 1.54) is 5.54 Å². The van der Waals surface area contributed by atoms with Crippen LogP contribution in [0.1, 0.15) is 30.6 Å². The van der Waals surface area contributed by atoms with Crippen LogP contribution in [0.15, 0.2) is 41.4 Å². The van der Waals surface area contributed by atoms with Gasteiger partial charge < -0.3 is 0 Å². The fourth-order valence-electron chi connectivity index (χ4n) is 1.51. The van der Waals surface area contributed by atoms with E-state index >= 15 is 0 Å². The van der Waals surface area contributed by atoms with Crippen LogP contribution < -0.4 is 0 Å². The Kier molecular flexibility index (Phi) is 4.57. The van der Waals surface area contributed by atoms with Gasteiger partial charge in [0.15, 0.2) is 5.78 Å². The Balaban J connectivity index is 2.70. The van der Waals surface area contributed by atoms with Crippen LogP contribution >= 0.6 is 11.6 Å². The van der Waals surface area contributed by atoms with Gasteiger partial charge in [-0.05, 0) is 13.3 Å². The highest BCUT2D eigenvalue weighted by Gasteiger charge is 2.14. The van der Waals surface area contributed by atoms with Gasteiger partial charge in [-0.25, -0.2) is 0 Å². The molecule has 1 aromatic rings. The van der Waals surface area contributed by atoms with Crippen molar-refractivity contribution in [2.45, 2.75) is 20.3 Å². The first-order valence-corrected chi connectivity index (χ1v) is 5.44. The van der Waals surface area contributed by atoms with E-state index in [2.05, 4.69) is 0 Å². The van der Waals surface area contributed by atoms with Crippen LogP contribution in [0.5, 0.6) is 0 Å². The number of hydrogen-bond donors (Lipinski definition) is 0. The summed E-state index contributed by atoms with van der Waals surface area (Å²) < 4.78 is 0. The molecule has 0 fully saturated rings. The maximum atomic E-state index is 11.9. The van der Waals surface area contributed by atoms with Gasteiger partial charge in [-0.3, -0.25) is 4.79 Å². The van der Waals surface area contributed by atoms with Gasteiger partial charge in [0, 0.05) is 17.0 Å². The fourth-order valence-corrected chi connectivity index (χ4v) is 1.60. The zero-order valence-electron chi connectivity index (χ0n) is 9.03. The first-order chi connectivity index (χ1) is 7.15. The van der Waals surface area contributed by atoms with Gasteiger partial charge in [0.1, 0.15) is 0 Å². The number of carbonyl (C=O) groups is 1. The van der Waals surface area contributed by atoms with Crippen molar-refractivity contribution in [1.82, 2.24) is 0 Å². The van der Waals surface area contributed by atoms with Gasteiger partial charge in [-0.15, -0.1) is 0 Å². The third kappa shape index (κ3) is 3.52. The van der Waals surface area contributed by atoms with Crippen molar-refractivity contribution < 1.29 is 4.79 Å². The molecule has 0 spiro atoms. The molecule has 1 nitrogen and oxygen atoms in total. The average Bonchev–Trinajstić information content (AvgIpc) is 2.29. The summed E-state index contributed by atoms with van der Waals surface area (Å²) in [6.45, 7) is 3.86. The minimum atomic E-state index is -0.0117. The topological polar surface area (TPSA) is 17.1 Å². The Labute approximate surface area is 95.8 Å². The molecule has 1 unspecified atom stereocenters. The fraction of sp³-hybridized carbons (Fsp3) is 0.308. The van der Waals surface area contributed by atoms with Gasteiger partial charge in [-0.1, -0.05) is 54.4 Å². The minimum absolute atomic E-state index is 0.0117. The Hall–Kier alpha value is -1.08. The highest BCUT2D eigenvalue weighted by Crippen LogP contribution is 2.16. The second kappa shape index (κ2) is 5.72. The van der Waals surface area contributed by atoms with Gasteiger partial charge in [-0.2, -0.15) is 0 Å². The molecule has 0 saturated carbocycles. The van der Waals surface area contributed by atoms with Crippen LogP contribution in [-0.4, -0.2) is 5.78 Å². The van der Waals surface area contributed by atoms with E-state index in [1.807, 2.05) is 44.2 Å². The Morgan fingerprint density at radius 2 is 2.00 bits per heavy atom. The molecule has 0 bridgehead atoms. The molecule has 1 rings (SSSR count). The molecule has 0 aromatic heterocycles. The zero-order chi connectivity index (χ0) is 11.3. The zero-order valence-corrected chi connectivity index (χ0v) is 9.79. The predicted octanol–water partition coefficient (Wildman–Crippen LogP) is 4.04. The summed E-state index contributed by atoms with van der Waals surface area (Å²) >= 11 is 5.57. The highest BCUT2D eigenvalue weighted by atomic mass is 35.5. The minimum Gasteiger partial charge on any atom is -0.294 e. The SMILES string of the molecule is C/C(=C\Cl)CC(C)C(=O)c1ccccc1. The third-order valence-electron chi connectivity index (χ3n) is 2.32. The molecule has 15 heavy (non-hydrogen) atoms. The number of rotatable bonds is 4. The molecule has 0 N–H and O–H groups in total. The lowest BCUT2D eigenvalue weighted by Crippen LogP contribution is -2.11. The Bertz CT molecular complexity index is 354. The Morgan fingerprint density at radius 1 is 1.40 bits per heavy atom. The lowest BCUT2D eigenvalue weighted by Gasteiger charge is -2.10. The van der Waals surface area contributed by atoms with Crippen molar-refractivity contribution in [3.8, 4) is 0 Å². The molecular formula is C13H15ClO. The predicted molar refractivity (Wildman–Crippen MR) is 64.2 cm³/mol. The average molecular weight is 223 g/mol. The number of allylic oxidation sites excluding steroid dienone is 1. The number of Topliss-reactive ketones (excluding diaryl/α,β-unsaturated/α-hetero) is 1. The normalized spacial score (nSPS) is 13.7. The van der Waals surface area contributed by atoms with Crippen molar-refractivity contribution in [3.05, 3.63) is 47.0 Å². The van der Waals surface area contributed by atoms with Crippen LogP contribution in [-0.2, 0) is 0 Å². The second-order valence-corrected chi connectivity index (χ2v) is 4.01. The third-order valence-corrected chi connectivity index (χ3v) is 2.69. The van der Waals surface area contributed by atoms with E-state index in [4.69, 9.17) is 11.6 Å². The molecule has 1 aromatic carbocycles. The molecule has 0 aliphatic rings. The van der Waals surface area contributed by atoms with Crippen molar-refractivity contribution >= 4 is 17.4 Å². The molecule has 0 aliphatic heterocycles. The second-order valence-electron chi connectivity index (χ2n) is 3.79. The van der Waals surface area contributed by atoms with Gasteiger partial charge >= 0.3 is 0 Å². The van der Waals surface area contributed by atoms with Crippen molar-refractivity contribution in [1.29, 1.82) is 0 Å². The maximum Gasteiger partial charge on any atom is 0.165 e. The van der Waals surface area contributed by atoms with Crippen LogP contribution in [0.2, 0.25) is 0 Å². The molecule has 80 valence electrons. The van der Waals surface area contributed by atoms with Crippen molar-refractivity contribution in [3.63, 3.8) is 0 Å². The lowest BCUT2D eigenvalue weighted by atomic mass is 9.94. The van der Waals surface area contributed by atoms with E-state index < -0.39 is 0 Å². The van der Waals surface area contributed by atoms with Crippen LogP contribution in [0.4, 0.5) is 0 Å². The van der Waals surface area contributed by atoms with Crippen molar-refractivity contribution in [2.24, 2.45) is 5.92 Å². The lowest BCUT2D eigenvalue weighted by molar-refractivity contribution is 0.0929. The first-order valence-electron chi connectivity index (χ1n) is 5.00. The molecule has 0 saturated heterocycles. The van der Waals surface area contributed by atoms with E-state index in [0.717, 1.165) is 17.6 Å². The molecule has 0 amide bonds. The summed E-state index contributed by atoms with van der Waals surface area (Å²) in [6, 6.07) is 9.36. The molecule has 0 aliphatic carbocycles. The largest absolute Gasteiger partial charge is 0.294 e. The molecule has 0 radical (unpaired) electrons. The van der Waals surface area contributed by atoms with Crippen LogP contribution in [0.25, 0.3) is 0 Å². The molecular weight excluding hydrogens is 208 g/mol. The van der Waals surface area contributed by atoms with Gasteiger partial charge in [0.2, 0.25) is 0 Å². The summed E-state index contributed by atoms with van der Waals surface area (Å²) in [5.41, 5.74) is 3.34. The number of hydrogen-bond acceptors (Lipinski definition) is 1. The molecule has 0 heterocycles. The van der Waals surface area contributed by atoms with E-state index in [9.17, 15) is 4.79 Å². The van der Waals surface area contributed by atoms with Crippen LogP contribution in [0, 0.1) is 5.92 Å². The summed E-state index contributed by atoms with van der Waals surface area (Å²) in [7, 11) is 0. The smallest absolute Gasteiger partial charge is 0.165 e. The number of halogens is 1. The summed E-state index contributed by atoms with van der Waals surface area (Å²) in [4.78, 5) is 11.9. The molecule has 2 heteroatoms. The quantitative estimate of drug-likeness (QED) is 0.703. The Morgan fingerprint density at radius 3 is 2.53 bits per heavy atom. The number of benzene rings is 1. The summed E-state index contributed by atoms with van der Waals surface area (Å²) in [6.07, 6.45) is 0.719. The van der Waals surface area contributed by atoms with E-state index in [-0.39, 0.29) is 11.7 Å². The van der Waals surface area contributed by atoms with E-state index in [1.54, 1.807) is 0 Å². The maximum absolute atomic E-state index is 11.9. The number of carbonyl (C=O) groups excluding carboxylic acids is 1. The molecule has 1 atom stereocenters. The standard InChI is InChI=1S/C13H15ClO/c1-10(9-14)8-11(2)13(15)12-6-4-3-5-7-12/h3-7,9,11H,8H2,1-2H3/b10-9+. The first kappa shape index (κ1) is 12.0. The van der Waals surface area contributed by atoms with Gasteiger partial charge in [0.25, 0.3) is 0 Å². The number of ketones is 1. The van der Waals surface area contributed by atoms with E-state index in [0.29, 0.717) is 0 Å². The van der Waals surface area contributed by atoms with Crippen LogP contribution in [0.3, 0.4) is 0 Å². The highest BCUT2D eigenvalue weighted by molar-refractivity contribution is 6.25. The van der Waals surface area contributed by atoms with Gasteiger partial charge in [0.05, 0.1) is 0 Å². The summed E-state index contributed by atoms with van der Waals surface area (Å²) in [5.74, 6) is 0.163. The monoisotopic (exact) mass is 222 g/mol. The summed E-state index contributed by atoms with van der Waals surface area (Å²) in [5, 5.41) is 0.